The summed E-state index contributed by atoms with van der Waals surface area (Å²) in [4.78, 5) is 26.0. The lowest BCUT2D eigenvalue weighted by atomic mass is 9.44. The van der Waals surface area contributed by atoms with Gasteiger partial charge in [0.1, 0.15) is 0 Å². The second kappa shape index (κ2) is 27.6. The van der Waals surface area contributed by atoms with E-state index in [1.54, 1.807) is 5.56 Å². The minimum absolute atomic E-state index is 0.173. The summed E-state index contributed by atoms with van der Waals surface area (Å²) in [7, 11) is 0. The Labute approximate surface area is 677 Å². The van der Waals surface area contributed by atoms with Gasteiger partial charge in [0.15, 0.2) is 0 Å². The molecule has 11 aromatic carbocycles. The number of nitrogens with one attached hydrogen (secondary N) is 2. The van der Waals surface area contributed by atoms with Crippen LogP contribution in [0.25, 0.3) is 167 Å². The van der Waals surface area contributed by atoms with Gasteiger partial charge < -0.3 is 9.97 Å². The molecule has 15 aromatic rings. The maximum Gasteiger partial charge on any atom is 0.0744 e. The highest BCUT2D eigenvalue weighted by Crippen LogP contribution is 2.69. The van der Waals surface area contributed by atoms with Gasteiger partial charge in [0.05, 0.1) is 34.0 Å². The van der Waals surface area contributed by atoms with E-state index >= 15 is 0 Å². The van der Waals surface area contributed by atoms with Gasteiger partial charge in [-0.05, 0) is 345 Å². The molecule has 2 aliphatic heterocycles. The van der Waals surface area contributed by atoms with Crippen molar-refractivity contribution in [1.29, 1.82) is 0 Å². The summed E-state index contributed by atoms with van der Waals surface area (Å²) in [5.41, 5.74) is 33.6. The van der Waals surface area contributed by atoms with Gasteiger partial charge >= 0.3 is 0 Å². The summed E-state index contributed by atoms with van der Waals surface area (Å²) < 4.78 is 0. The fraction of sp³-hybridized carbons (Fsp3) is 0.300. The normalized spacial score (nSPS) is 20.7. The Bertz CT molecular complexity index is 6650. The lowest BCUT2D eigenvalue weighted by Crippen LogP contribution is -2.54. The van der Waals surface area contributed by atoms with Crippen LogP contribution in [0.1, 0.15) is 171 Å². The fourth-order valence-corrected chi connectivity index (χ4v) is 24.8. The van der Waals surface area contributed by atoms with Gasteiger partial charge in [0, 0.05) is 55.3 Å². The van der Waals surface area contributed by atoms with Gasteiger partial charge in [-0.1, -0.05) is 223 Å². The van der Waals surface area contributed by atoms with Crippen LogP contribution in [0.2, 0.25) is 0 Å². The van der Waals surface area contributed by atoms with Crippen LogP contribution in [0.5, 0.6) is 0 Å². The Morgan fingerprint density at radius 2 is 0.939 bits per heavy atom. The van der Waals surface area contributed by atoms with Crippen molar-refractivity contribution in [1.82, 2.24) is 24.9 Å². The fourth-order valence-electron chi connectivity index (χ4n) is 24.8. The van der Waals surface area contributed by atoms with E-state index in [2.05, 4.69) is 311 Å². The van der Waals surface area contributed by atoms with Crippen LogP contribution in [0.4, 0.5) is 0 Å². The monoisotopic (exact) mass is 1500 g/mol. The van der Waals surface area contributed by atoms with Crippen molar-refractivity contribution in [3.63, 3.8) is 0 Å². The minimum atomic E-state index is 0.173. The number of rotatable bonds is 13. The number of benzene rings is 11. The molecule has 21 rings (SSSR count). The number of hydrogen-bond donors (Lipinski definition) is 2. The molecule has 4 aliphatic carbocycles. The van der Waals surface area contributed by atoms with Crippen molar-refractivity contribution >= 4 is 111 Å². The molecule has 3 saturated carbocycles. The van der Waals surface area contributed by atoms with Crippen LogP contribution in [0.3, 0.4) is 0 Å². The van der Waals surface area contributed by atoms with Crippen LogP contribution in [-0.4, -0.2) is 24.9 Å². The predicted octanol–water partition coefficient (Wildman–Crippen LogP) is 29.4. The third-order valence-electron chi connectivity index (χ3n) is 29.9. The summed E-state index contributed by atoms with van der Waals surface area (Å²) in [6, 6.07) is 76.5. The number of pyridine rings is 1. The first-order valence-electron chi connectivity index (χ1n) is 43.3. The van der Waals surface area contributed by atoms with Crippen molar-refractivity contribution in [3.8, 4) is 55.8 Å². The zero-order valence-corrected chi connectivity index (χ0v) is 68.9. The second-order valence-electron chi connectivity index (χ2n) is 37.3. The molecule has 0 amide bonds. The Hall–Kier alpha value is -11.0. The first-order chi connectivity index (χ1) is 55.9. The van der Waals surface area contributed by atoms with Crippen molar-refractivity contribution in [3.05, 3.63) is 279 Å². The van der Waals surface area contributed by atoms with Crippen molar-refractivity contribution in [2.45, 2.75) is 160 Å². The zero-order valence-electron chi connectivity index (χ0n) is 68.9. The molecule has 570 valence electrons. The van der Waals surface area contributed by atoms with Crippen LogP contribution < -0.4 is 0 Å². The SMILES string of the molecule is Cc1cc(C)c(-c2c3nc(c(-c4ccc(-c5nc6ccc7cc8ccccc8cc7c6c6c5C[C@@]5(C)C(CC[C@H]7[C@@H]8CC[C@H]([C@H](C)CCCC(C)C)[C@@]8(C)CC[C@@H]75)C6)cc4)c4ccc([nH]4)c(-c4c(C)cc(C)cc4C)c4nc(c(-c5ccc(CCc6ccc7ccc8cccc9ccc6c7c89)cc5)c5ccc2[nH]5)C=C4)C=C3)c(C)c1. The lowest BCUT2D eigenvalue weighted by molar-refractivity contribution is -0.103. The minimum Gasteiger partial charge on any atom is -0.354 e. The summed E-state index contributed by atoms with van der Waals surface area (Å²) in [5, 5.41) is 14.6. The molecule has 0 spiro atoms. The lowest BCUT2D eigenvalue weighted by Gasteiger charge is -2.61. The standard InChI is InChI=1S/C110H105N5/c1-62(2)16-14-17-65(5)87-41-42-88-83-40-38-81-60-85-86(61-110(81,11)89(83)52-53-109(87,88)10)108(115-94-43-37-80-58-78-18-12-13-19-79(78)59-84(80)105(85)94)77-34-32-76(33-35-77)104-92-46-50-97(113-92)106(99-66(6)54-63(3)55-67(99)7)95-48-44-90(111-95)103(91-45-49-96(112-91)107(98-51-47-93(104)114-98)100-68(8)56-64(4)57-69(100)9)75-26-23-70(24-27-75)22-25-71-28-29-74-31-30-72-20-15-21-73-36-39-82(71)102(74)101(72)73/h12-13,15,18-21,23-24,26-37,39,43-51,54-59,62,65,81,83,87-89,111,114H,14,16-17,22,25,38,40-42,52-53,60-61H2,1-11H3/t65-,81?,83+,87-,88+,89+,109-,110+/m1/s1. The summed E-state index contributed by atoms with van der Waals surface area (Å²) in [5.74, 6) is 5.37. The molecule has 4 aromatic heterocycles. The first kappa shape index (κ1) is 71.7. The number of hydrogen-bond acceptors (Lipinski definition) is 3. The molecular weight excluding hydrogens is 1390 g/mol. The largest absolute Gasteiger partial charge is 0.354 e. The van der Waals surface area contributed by atoms with Crippen LogP contribution in [-0.2, 0) is 25.7 Å². The van der Waals surface area contributed by atoms with Gasteiger partial charge in [0.25, 0.3) is 0 Å². The third-order valence-corrected chi connectivity index (χ3v) is 29.9. The first-order valence-corrected chi connectivity index (χ1v) is 43.3. The van der Waals surface area contributed by atoms with Crippen LogP contribution in [0.15, 0.2) is 200 Å². The molecule has 0 saturated heterocycles. The van der Waals surface area contributed by atoms with E-state index in [9.17, 15) is 0 Å². The van der Waals surface area contributed by atoms with Gasteiger partial charge in [-0.25, -0.2) is 15.0 Å². The Morgan fingerprint density at radius 1 is 0.409 bits per heavy atom. The highest BCUT2D eigenvalue weighted by molar-refractivity contribution is 6.23. The zero-order chi connectivity index (χ0) is 78.0. The number of nitrogens with zero attached hydrogens (tertiary/aromatic N) is 3. The van der Waals surface area contributed by atoms with Gasteiger partial charge in [-0.3, -0.25) is 0 Å². The van der Waals surface area contributed by atoms with E-state index in [0.29, 0.717) is 17.3 Å². The Kier molecular flexibility index (Phi) is 17.2. The second-order valence-corrected chi connectivity index (χ2v) is 37.3. The number of fused-ring (bicyclic) bond motifs is 19. The van der Waals surface area contributed by atoms with Gasteiger partial charge in [-0.15, -0.1) is 0 Å². The van der Waals surface area contributed by atoms with E-state index in [1.807, 2.05) is 0 Å². The molecule has 1 unspecified atom stereocenters. The molecule has 2 N–H and O–H groups in total. The molecule has 6 aliphatic rings. The third kappa shape index (κ3) is 11.8. The number of aromatic amines is 2. The van der Waals surface area contributed by atoms with Gasteiger partial charge in [-0.2, -0.15) is 0 Å². The van der Waals surface area contributed by atoms with Crippen molar-refractivity contribution < 1.29 is 0 Å². The topological polar surface area (TPSA) is 70.2 Å². The number of aromatic nitrogens is 5. The summed E-state index contributed by atoms with van der Waals surface area (Å²) in [6.07, 6.45) is 25.5. The summed E-state index contributed by atoms with van der Waals surface area (Å²) >= 11 is 0. The van der Waals surface area contributed by atoms with E-state index in [1.165, 1.54) is 184 Å². The maximum atomic E-state index is 6.00. The maximum absolute atomic E-state index is 6.00. The molecule has 5 heteroatoms. The molecular formula is C110H105N5. The number of aryl methyl sites for hydroxylation is 8. The highest BCUT2D eigenvalue weighted by atomic mass is 14.8. The van der Waals surface area contributed by atoms with E-state index < -0.39 is 0 Å². The van der Waals surface area contributed by atoms with E-state index in [-0.39, 0.29) is 5.41 Å². The Morgan fingerprint density at radius 3 is 1.56 bits per heavy atom. The molecule has 115 heavy (non-hydrogen) atoms. The quantitative estimate of drug-likeness (QED) is 0.0893. The van der Waals surface area contributed by atoms with Crippen LogP contribution >= 0.6 is 0 Å². The van der Waals surface area contributed by atoms with Crippen molar-refractivity contribution in [2.75, 3.05) is 0 Å². The molecule has 6 heterocycles. The molecule has 0 radical (unpaired) electrons. The Balaban J connectivity index is 0.715. The molecule has 8 bridgehead atoms. The number of H-pyrrole nitrogens is 2. The average molecular weight is 1500 g/mol. The van der Waals surface area contributed by atoms with E-state index in [0.717, 1.165) is 145 Å². The van der Waals surface area contributed by atoms with E-state index in [4.69, 9.17) is 15.0 Å². The predicted molar refractivity (Wildman–Crippen MR) is 489 cm³/mol. The molecule has 3 fully saturated rings. The van der Waals surface area contributed by atoms with Crippen LogP contribution in [0, 0.1) is 93.8 Å². The van der Waals surface area contributed by atoms with Crippen molar-refractivity contribution in [2.24, 2.45) is 52.3 Å². The highest BCUT2D eigenvalue weighted by Gasteiger charge is 2.61. The average Bonchev–Trinajstić information content (AvgIpc) is 1.54. The molecule has 5 nitrogen and oxygen atoms in total. The summed E-state index contributed by atoms with van der Waals surface area (Å²) in [6.45, 7) is 26.5. The molecule has 8 atom stereocenters. The smallest absolute Gasteiger partial charge is 0.0744 e. The van der Waals surface area contributed by atoms with Gasteiger partial charge in [0.2, 0.25) is 0 Å².